The van der Waals surface area contributed by atoms with E-state index in [1.54, 1.807) is 6.20 Å². The first kappa shape index (κ1) is 20.7. The Labute approximate surface area is 189 Å². The second-order valence-electron chi connectivity index (χ2n) is 9.05. The van der Waals surface area contributed by atoms with E-state index in [0.717, 1.165) is 80.3 Å². The molecule has 2 fully saturated rings. The van der Waals surface area contributed by atoms with E-state index < -0.39 is 0 Å². The molecule has 0 N–H and O–H groups in total. The molecule has 2 saturated heterocycles. The van der Waals surface area contributed by atoms with Crippen LogP contribution in [0.2, 0.25) is 0 Å². The fourth-order valence-electron chi connectivity index (χ4n) is 4.95. The van der Waals surface area contributed by atoms with Gasteiger partial charge in [-0.25, -0.2) is 0 Å². The molecule has 0 radical (unpaired) electrons. The highest BCUT2D eigenvalue weighted by Gasteiger charge is 2.24. The zero-order valence-corrected chi connectivity index (χ0v) is 18.4. The Morgan fingerprint density at radius 3 is 2.22 bits per heavy atom. The molecule has 0 aliphatic carbocycles. The van der Waals surface area contributed by atoms with Crippen LogP contribution in [0.15, 0.2) is 60.8 Å². The number of hydrogen-bond acceptors (Lipinski definition) is 3. The number of piperidine rings is 1. The molecule has 0 saturated carbocycles. The van der Waals surface area contributed by atoms with E-state index >= 15 is 0 Å². The summed E-state index contributed by atoms with van der Waals surface area (Å²) < 4.78 is 0. The van der Waals surface area contributed by atoms with Crippen LogP contribution in [0.3, 0.4) is 0 Å². The number of benzene rings is 2. The number of fused-ring (bicyclic) bond motifs is 1. The topological polar surface area (TPSA) is 53.5 Å². The Hall–Kier alpha value is -3.21. The van der Waals surface area contributed by atoms with Gasteiger partial charge < -0.3 is 9.80 Å². The van der Waals surface area contributed by atoms with Gasteiger partial charge in [-0.05, 0) is 80.0 Å². The SMILES string of the molecule is O=C(c1ccc(CC2CCN(C(=O)c3ccc4ncccc4c3)CC2)cc1)N1CCCC1. The molecular formula is C27H29N3O2. The minimum Gasteiger partial charge on any atom is -0.339 e. The van der Waals surface area contributed by atoms with Crippen molar-refractivity contribution in [2.45, 2.75) is 32.1 Å². The van der Waals surface area contributed by atoms with Crippen LogP contribution in [0.25, 0.3) is 10.9 Å². The predicted molar refractivity (Wildman–Crippen MR) is 126 cm³/mol. The average molecular weight is 428 g/mol. The predicted octanol–water partition coefficient (Wildman–Crippen LogP) is 4.57. The summed E-state index contributed by atoms with van der Waals surface area (Å²) in [5.74, 6) is 0.837. The van der Waals surface area contributed by atoms with Gasteiger partial charge in [0.15, 0.2) is 0 Å². The molecule has 1 aromatic heterocycles. The van der Waals surface area contributed by atoms with Gasteiger partial charge in [-0.15, -0.1) is 0 Å². The van der Waals surface area contributed by atoms with Gasteiger partial charge in [-0.2, -0.15) is 0 Å². The molecule has 3 aromatic rings. The zero-order chi connectivity index (χ0) is 21.9. The molecule has 5 rings (SSSR count). The third-order valence-corrected chi connectivity index (χ3v) is 6.87. The number of aromatic nitrogens is 1. The number of nitrogens with zero attached hydrogens (tertiary/aromatic N) is 3. The fourth-order valence-corrected chi connectivity index (χ4v) is 4.95. The second kappa shape index (κ2) is 9.11. The Balaban J connectivity index is 1.16. The number of rotatable bonds is 4. The van der Waals surface area contributed by atoms with Crippen molar-refractivity contribution < 1.29 is 9.59 Å². The number of carbonyl (C=O) groups is 2. The van der Waals surface area contributed by atoms with Gasteiger partial charge in [0, 0.05) is 48.9 Å². The van der Waals surface area contributed by atoms with Crippen molar-refractivity contribution >= 4 is 22.7 Å². The van der Waals surface area contributed by atoms with Crippen molar-refractivity contribution in [2.75, 3.05) is 26.2 Å². The maximum absolute atomic E-state index is 13.0. The first-order chi connectivity index (χ1) is 15.7. The smallest absolute Gasteiger partial charge is 0.253 e. The Morgan fingerprint density at radius 2 is 1.47 bits per heavy atom. The lowest BCUT2D eigenvalue weighted by molar-refractivity contribution is 0.0690. The summed E-state index contributed by atoms with van der Waals surface area (Å²) in [5, 5.41) is 1.000. The van der Waals surface area contributed by atoms with Crippen molar-refractivity contribution in [3.05, 3.63) is 77.5 Å². The van der Waals surface area contributed by atoms with Crippen LogP contribution in [0, 0.1) is 5.92 Å². The molecule has 2 aliphatic heterocycles. The molecule has 164 valence electrons. The molecule has 0 unspecified atom stereocenters. The summed E-state index contributed by atoms with van der Waals surface area (Å²) in [5.41, 5.74) is 3.72. The van der Waals surface area contributed by atoms with Crippen LogP contribution in [0.5, 0.6) is 0 Å². The summed E-state index contributed by atoms with van der Waals surface area (Å²) in [7, 11) is 0. The summed E-state index contributed by atoms with van der Waals surface area (Å²) in [4.78, 5) is 33.8. The largest absolute Gasteiger partial charge is 0.339 e. The van der Waals surface area contributed by atoms with Gasteiger partial charge in [0.1, 0.15) is 0 Å². The van der Waals surface area contributed by atoms with Crippen molar-refractivity contribution in [2.24, 2.45) is 5.92 Å². The molecule has 2 amide bonds. The van der Waals surface area contributed by atoms with Gasteiger partial charge in [-0.1, -0.05) is 18.2 Å². The van der Waals surface area contributed by atoms with Gasteiger partial charge in [0.05, 0.1) is 5.52 Å². The van der Waals surface area contributed by atoms with E-state index in [9.17, 15) is 9.59 Å². The maximum Gasteiger partial charge on any atom is 0.253 e. The molecule has 5 nitrogen and oxygen atoms in total. The Kier molecular flexibility index (Phi) is 5.89. The fraction of sp³-hybridized carbons (Fsp3) is 0.370. The Morgan fingerprint density at radius 1 is 0.812 bits per heavy atom. The molecule has 5 heteroatoms. The standard InChI is InChI=1S/C27H29N3O2/c31-26(29-14-1-2-15-29)22-7-5-20(6-8-22)18-21-11-16-30(17-12-21)27(32)24-9-10-25-23(19-24)4-3-13-28-25/h3-10,13,19,21H,1-2,11-12,14-18H2. The quantitative estimate of drug-likeness (QED) is 0.613. The van der Waals surface area contributed by atoms with Crippen molar-refractivity contribution in [3.63, 3.8) is 0 Å². The highest BCUT2D eigenvalue weighted by molar-refractivity contribution is 5.98. The van der Waals surface area contributed by atoms with Gasteiger partial charge in [-0.3, -0.25) is 14.6 Å². The number of amides is 2. The molecule has 2 aliphatic rings. The monoisotopic (exact) mass is 427 g/mol. The van der Waals surface area contributed by atoms with Crippen LogP contribution in [-0.4, -0.2) is 52.8 Å². The number of likely N-dealkylation sites (tertiary alicyclic amines) is 2. The normalized spacial score (nSPS) is 17.1. The lowest BCUT2D eigenvalue weighted by Crippen LogP contribution is -2.38. The van der Waals surface area contributed by atoms with E-state index in [-0.39, 0.29) is 11.8 Å². The summed E-state index contributed by atoms with van der Waals surface area (Å²) in [6.45, 7) is 3.35. The molecule has 0 atom stereocenters. The summed E-state index contributed by atoms with van der Waals surface area (Å²) in [6.07, 6.45) is 7.02. The highest BCUT2D eigenvalue weighted by Crippen LogP contribution is 2.24. The summed E-state index contributed by atoms with van der Waals surface area (Å²) in [6, 6.07) is 17.8. The van der Waals surface area contributed by atoms with E-state index in [1.165, 1.54) is 5.56 Å². The molecular weight excluding hydrogens is 398 g/mol. The lowest BCUT2D eigenvalue weighted by atomic mass is 9.89. The molecule has 0 spiro atoms. The van der Waals surface area contributed by atoms with Crippen LogP contribution >= 0.6 is 0 Å². The zero-order valence-electron chi connectivity index (χ0n) is 18.4. The van der Waals surface area contributed by atoms with Gasteiger partial charge in [0.2, 0.25) is 0 Å². The average Bonchev–Trinajstić information content (AvgIpc) is 3.39. The first-order valence-electron chi connectivity index (χ1n) is 11.7. The van der Waals surface area contributed by atoms with Crippen molar-refractivity contribution in [1.29, 1.82) is 0 Å². The molecule has 2 aromatic carbocycles. The summed E-state index contributed by atoms with van der Waals surface area (Å²) >= 11 is 0. The maximum atomic E-state index is 13.0. The Bertz CT molecular complexity index is 1110. The third kappa shape index (κ3) is 4.38. The van der Waals surface area contributed by atoms with E-state index in [4.69, 9.17) is 0 Å². The van der Waals surface area contributed by atoms with Gasteiger partial charge >= 0.3 is 0 Å². The first-order valence-corrected chi connectivity index (χ1v) is 11.7. The van der Waals surface area contributed by atoms with Crippen LogP contribution in [0.1, 0.15) is 52.0 Å². The van der Waals surface area contributed by atoms with Crippen molar-refractivity contribution in [3.8, 4) is 0 Å². The highest BCUT2D eigenvalue weighted by atomic mass is 16.2. The number of hydrogen-bond donors (Lipinski definition) is 0. The van der Waals surface area contributed by atoms with E-state index in [1.807, 2.05) is 52.3 Å². The number of carbonyl (C=O) groups excluding carboxylic acids is 2. The van der Waals surface area contributed by atoms with Crippen LogP contribution in [-0.2, 0) is 6.42 Å². The third-order valence-electron chi connectivity index (χ3n) is 6.87. The van der Waals surface area contributed by atoms with E-state index in [2.05, 4.69) is 17.1 Å². The minimum absolute atomic E-state index is 0.110. The minimum atomic E-state index is 0.110. The second-order valence-corrected chi connectivity index (χ2v) is 9.05. The van der Waals surface area contributed by atoms with Crippen LogP contribution < -0.4 is 0 Å². The van der Waals surface area contributed by atoms with Crippen molar-refractivity contribution in [1.82, 2.24) is 14.8 Å². The molecule has 3 heterocycles. The lowest BCUT2D eigenvalue weighted by Gasteiger charge is -2.32. The number of pyridine rings is 1. The molecule has 32 heavy (non-hydrogen) atoms. The van der Waals surface area contributed by atoms with Crippen LogP contribution in [0.4, 0.5) is 0 Å². The molecule has 0 bridgehead atoms. The van der Waals surface area contributed by atoms with E-state index in [0.29, 0.717) is 5.92 Å². The van der Waals surface area contributed by atoms with Gasteiger partial charge in [0.25, 0.3) is 11.8 Å².